The fourth-order valence-corrected chi connectivity index (χ4v) is 54.0. The Morgan fingerprint density at radius 2 is 1.42 bits per heavy atom. The third-order valence-electron chi connectivity index (χ3n) is 11.5. The standard InChI is InChI=1S/C10H15.2C9H11.C5H11.2ClH.Hf/c1-3-4-5-10-7-6-9(2)8-10;2*1-2-5-9-7-3-6-8(9)4-1;1-3-5-4-2;;;/h6-8H,3-5H2,1-2H3;2*3,6-7H,1-2,4-5H2;3H,4-5H2,1-2H3;2*1H;/q;;;;;;+2/p-2. The van der Waals surface area contributed by atoms with Crippen LogP contribution in [0.1, 0.15) is 111 Å². The van der Waals surface area contributed by atoms with Crippen molar-refractivity contribution in [3.05, 3.63) is 70.4 Å². The van der Waals surface area contributed by atoms with Crippen LogP contribution >= 0.6 is 17.2 Å². The zero-order valence-corrected chi connectivity index (χ0v) is 28.3. The molecule has 36 heavy (non-hydrogen) atoms. The molecule has 0 saturated heterocycles. The third-order valence-corrected chi connectivity index (χ3v) is 67.0. The molecule has 0 nitrogen and oxygen atoms in total. The molecular weight excluding hydrogens is 646 g/mol. The van der Waals surface area contributed by atoms with Crippen molar-refractivity contribution in [1.29, 1.82) is 0 Å². The van der Waals surface area contributed by atoms with E-state index < -0.39 is 14.7 Å². The normalized spacial score (nSPS) is 32.4. The van der Waals surface area contributed by atoms with Crippen LogP contribution < -0.4 is 0 Å². The number of hydrogen-bond acceptors (Lipinski definition) is 0. The van der Waals surface area contributed by atoms with Gasteiger partial charge in [-0.3, -0.25) is 0 Å². The van der Waals surface area contributed by atoms with E-state index in [0.29, 0.717) is 3.67 Å². The summed E-state index contributed by atoms with van der Waals surface area (Å²) < 4.78 is 0.427. The van der Waals surface area contributed by atoms with Gasteiger partial charge in [0.25, 0.3) is 0 Å². The molecule has 0 radical (unpaired) electrons. The van der Waals surface area contributed by atoms with Gasteiger partial charge < -0.3 is 0 Å². The molecule has 0 fully saturated rings. The zero-order valence-electron chi connectivity index (χ0n) is 23.2. The fourth-order valence-electron chi connectivity index (χ4n) is 9.43. The third kappa shape index (κ3) is 3.46. The number of halogens is 2. The van der Waals surface area contributed by atoms with Crippen LogP contribution in [0.2, 0.25) is 14.2 Å². The van der Waals surface area contributed by atoms with Crippen LogP contribution in [0.3, 0.4) is 0 Å². The number of rotatable bonds is 9. The predicted octanol–water partition coefficient (Wildman–Crippen LogP) is 12.5. The minimum atomic E-state index is -5.71. The van der Waals surface area contributed by atoms with Crippen molar-refractivity contribution < 1.29 is 14.7 Å². The molecule has 0 saturated carbocycles. The molecule has 0 aromatic heterocycles. The van der Waals surface area contributed by atoms with E-state index in [-0.39, 0.29) is 10.5 Å². The van der Waals surface area contributed by atoms with Crippen LogP contribution in [0.15, 0.2) is 70.4 Å². The SMILES string of the molecule is CCCCC1=C[C](C)([Hf]([Cl])([Cl])([CH](C)CCC)([CH]2C=CC3=C2CCCC3)[CH]2C=CC3=C2CCCC3)C=C1. The molecule has 4 atom stereocenters. The predicted molar refractivity (Wildman–Crippen MR) is 158 cm³/mol. The summed E-state index contributed by atoms with van der Waals surface area (Å²) >= 11 is -5.71. The van der Waals surface area contributed by atoms with Crippen molar-refractivity contribution in [1.82, 2.24) is 0 Å². The Labute approximate surface area is 226 Å². The van der Waals surface area contributed by atoms with E-state index in [1.165, 1.54) is 69.8 Å². The van der Waals surface area contributed by atoms with E-state index in [1.54, 1.807) is 22.3 Å². The maximum atomic E-state index is 9.09. The molecule has 0 heterocycles. The molecule has 4 unspecified atom stereocenters. The second-order valence-electron chi connectivity index (χ2n) is 13.2. The van der Waals surface area contributed by atoms with Crippen LogP contribution in [0.5, 0.6) is 0 Å². The van der Waals surface area contributed by atoms with Gasteiger partial charge in [0, 0.05) is 0 Å². The molecule has 0 N–H and O–H groups in total. The number of allylic oxidation sites excluding steroid dienone is 12. The van der Waals surface area contributed by atoms with Crippen molar-refractivity contribution in [2.75, 3.05) is 0 Å². The van der Waals surface area contributed by atoms with Crippen LogP contribution in [0.4, 0.5) is 0 Å². The van der Waals surface area contributed by atoms with Crippen LogP contribution in [-0.2, 0) is 14.7 Å². The van der Waals surface area contributed by atoms with Gasteiger partial charge in [-0.2, -0.15) is 0 Å². The Morgan fingerprint density at radius 3 is 1.94 bits per heavy atom. The average molecular weight is 694 g/mol. The van der Waals surface area contributed by atoms with E-state index in [9.17, 15) is 0 Å². The van der Waals surface area contributed by atoms with Crippen molar-refractivity contribution in [3.8, 4) is 0 Å². The van der Waals surface area contributed by atoms with Crippen molar-refractivity contribution >= 4 is 17.2 Å². The van der Waals surface area contributed by atoms with Gasteiger partial charge in [0.05, 0.1) is 0 Å². The van der Waals surface area contributed by atoms with Gasteiger partial charge in [-0.15, -0.1) is 0 Å². The van der Waals surface area contributed by atoms with E-state index >= 15 is 0 Å². The van der Waals surface area contributed by atoms with Gasteiger partial charge in [-0.25, -0.2) is 0 Å². The first-order valence-corrected chi connectivity index (χ1v) is 32.1. The molecular formula is C33H48Cl2Hf. The monoisotopic (exact) mass is 694 g/mol. The first-order chi connectivity index (χ1) is 17.2. The summed E-state index contributed by atoms with van der Waals surface area (Å²) in [5.74, 6) is 0. The second kappa shape index (κ2) is 9.52. The summed E-state index contributed by atoms with van der Waals surface area (Å²) in [6, 6.07) is 0. The molecule has 0 aromatic carbocycles. The van der Waals surface area contributed by atoms with Gasteiger partial charge in [0.1, 0.15) is 0 Å². The Kier molecular flexibility index (Phi) is 7.26. The topological polar surface area (TPSA) is 0 Å². The molecule has 5 aliphatic carbocycles. The van der Waals surface area contributed by atoms with Crippen LogP contribution in [0, 0.1) is 0 Å². The molecule has 5 aliphatic rings. The Morgan fingerprint density at radius 1 is 0.861 bits per heavy atom. The van der Waals surface area contributed by atoms with Crippen molar-refractivity contribution in [2.45, 2.75) is 125 Å². The van der Waals surface area contributed by atoms with Crippen molar-refractivity contribution in [2.24, 2.45) is 0 Å². The van der Waals surface area contributed by atoms with E-state index in [0.717, 1.165) is 19.3 Å². The molecule has 3 heteroatoms. The van der Waals surface area contributed by atoms with Gasteiger partial charge in [-0.1, -0.05) is 0 Å². The summed E-state index contributed by atoms with van der Waals surface area (Å²) in [6.45, 7) is 9.57. The zero-order chi connectivity index (χ0) is 25.7. The van der Waals surface area contributed by atoms with Gasteiger partial charge in [-0.05, 0) is 0 Å². The maximum absolute atomic E-state index is 9.09. The average Bonchev–Trinajstić information content (AvgIpc) is 3.61. The fraction of sp³-hybridized carbons (Fsp3) is 0.636. The minimum absolute atomic E-state index is 0.208. The van der Waals surface area contributed by atoms with E-state index in [1.807, 2.05) is 0 Å². The summed E-state index contributed by atoms with van der Waals surface area (Å²) in [5.41, 5.74) is 7.84. The molecule has 5 rings (SSSR count). The van der Waals surface area contributed by atoms with Gasteiger partial charge >= 0.3 is 228 Å². The first-order valence-electron chi connectivity index (χ1n) is 15.1. The summed E-state index contributed by atoms with van der Waals surface area (Å²) in [5, 5.41) is 0. The molecule has 0 aliphatic heterocycles. The molecule has 0 bridgehead atoms. The van der Waals surface area contributed by atoms with Crippen LogP contribution in [0.25, 0.3) is 0 Å². The first kappa shape index (κ1) is 27.5. The Balaban J connectivity index is 1.83. The molecule has 0 aromatic rings. The molecule has 0 spiro atoms. The van der Waals surface area contributed by atoms with Crippen molar-refractivity contribution in [3.63, 3.8) is 0 Å². The summed E-state index contributed by atoms with van der Waals surface area (Å²) in [6.07, 6.45) is 33.2. The Hall–Kier alpha value is -0.110. The molecule has 198 valence electrons. The van der Waals surface area contributed by atoms with Gasteiger partial charge in [0.15, 0.2) is 0 Å². The molecule has 0 amide bonds. The quantitative estimate of drug-likeness (QED) is 0.211. The Bertz CT molecular complexity index is 1060. The number of hydrogen-bond donors (Lipinski definition) is 0. The van der Waals surface area contributed by atoms with E-state index in [2.05, 4.69) is 70.2 Å². The summed E-state index contributed by atoms with van der Waals surface area (Å²) in [4.78, 5) is 0. The van der Waals surface area contributed by atoms with Crippen LogP contribution in [-0.4, -0.2) is 0 Å². The van der Waals surface area contributed by atoms with Gasteiger partial charge in [0.2, 0.25) is 0 Å². The number of unbranched alkanes of at least 4 members (excludes halogenated alkanes) is 1. The second-order valence-corrected chi connectivity index (χ2v) is 56.8. The van der Waals surface area contributed by atoms with E-state index in [4.69, 9.17) is 17.2 Å². The summed E-state index contributed by atoms with van der Waals surface area (Å²) in [7, 11) is 18.2.